The SMILES string of the molecule is CC(C)[C@@H](C(=O)N(O)Cc1cccnc1)N(Cc1cccnc1)S(=O)(=O)c1ccccc1[N+](=O)[O-]. The molecule has 1 amide bonds. The van der Waals surface area contributed by atoms with Crippen molar-refractivity contribution in [2.45, 2.75) is 37.9 Å². The molecule has 2 aromatic heterocycles. The molecule has 11 nitrogen and oxygen atoms in total. The molecule has 0 aliphatic heterocycles. The highest BCUT2D eigenvalue weighted by Gasteiger charge is 2.42. The Kier molecular flexibility index (Phi) is 8.22. The van der Waals surface area contributed by atoms with Crippen LogP contribution >= 0.6 is 0 Å². The Morgan fingerprint density at radius 3 is 2.09 bits per heavy atom. The van der Waals surface area contributed by atoms with Crippen LogP contribution < -0.4 is 0 Å². The van der Waals surface area contributed by atoms with Gasteiger partial charge < -0.3 is 0 Å². The summed E-state index contributed by atoms with van der Waals surface area (Å²) < 4.78 is 28.5. The number of benzene rings is 1. The van der Waals surface area contributed by atoms with Crippen LogP contribution in [0.4, 0.5) is 5.69 Å². The van der Waals surface area contributed by atoms with Gasteiger partial charge in [-0.3, -0.25) is 30.1 Å². The molecular formula is C23H25N5O6S. The molecule has 1 N–H and O–H groups in total. The van der Waals surface area contributed by atoms with E-state index in [1.807, 2.05) is 0 Å². The van der Waals surface area contributed by atoms with E-state index in [0.717, 1.165) is 16.4 Å². The van der Waals surface area contributed by atoms with Gasteiger partial charge >= 0.3 is 0 Å². The number of carbonyl (C=O) groups is 1. The Balaban J connectivity index is 2.09. The zero-order chi connectivity index (χ0) is 25.6. The van der Waals surface area contributed by atoms with Crippen molar-refractivity contribution in [3.05, 3.63) is 94.6 Å². The number of nitrogens with zero attached hydrogens (tertiary/aromatic N) is 5. The van der Waals surface area contributed by atoms with E-state index in [-0.39, 0.29) is 13.1 Å². The van der Waals surface area contributed by atoms with Gasteiger partial charge in [0, 0.05) is 37.4 Å². The lowest BCUT2D eigenvalue weighted by molar-refractivity contribution is -0.387. The van der Waals surface area contributed by atoms with Crippen LogP contribution in [0.2, 0.25) is 0 Å². The van der Waals surface area contributed by atoms with Crippen LogP contribution in [0.3, 0.4) is 0 Å². The molecule has 12 heteroatoms. The van der Waals surface area contributed by atoms with Gasteiger partial charge in [0.25, 0.3) is 21.6 Å². The van der Waals surface area contributed by atoms with E-state index in [0.29, 0.717) is 16.2 Å². The molecular weight excluding hydrogens is 474 g/mol. The van der Waals surface area contributed by atoms with E-state index >= 15 is 0 Å². The predicted molar refractivity (Wildman–Crippen MR) is 125 cm³/mol. The van der Waals surface area contributed by atoms with E-state index in [1.165, 1.54) is 30.7 Å². The standard InChI is InChI=1S/C23H25N5O6S/c1-17(2)22(23(29)26(30)15-18-7-5-11-24-13-18)27(16-19-8-6-12-25-14-19)35(33,34)21-10-4-3-9-20(21)28(31)32/h3-14,17,22,30H,15-16H2,1-2H3/t22-/m0/s1. The second kappa shape index (κ2) is 11.1. The molecule has 0 aliphatic rings. The second-order valence-corrected chi connectivity index (χ2v) is 9.94. The van der Waals surface area contributed by atoms with Gasteiger partial charge in [0.2, 0.25) is 0 Å². The molecule has 0 aliphatic carbocycles. The first-order valence-electron chi connectivity index (χ1n) is 10.7. The molecule has 0 unspecified atom stereocenters. The van der Waals surface area contributed by atoms with Crippen LogP contribution in [0.15, 0.2) is 78.2 Å². The molecule has 0 radical (unpaired) electrons. The van der Waals surface area contributed by atoms with Crippen LogP contribution in [0.5, 0.6) is 0 Å². The van der Waals surface area contributed by atoms with E-state index in [2.05, 4.69) is 9.97 Å². The van der Waals surface area contributed by atoms with Crippen LogP contribution in [-0.4, -0.2) is 49.8 Å². The predicted octanol–water partition coefficient (Wildman–Crippen LogP) is 3.02. The molecule has 0 saturated carbocycles. The summed E-state index contributed by atoms with van der Waals surface area (Å²) in [5.74, 6) is -1.48. The minimum absolute atomic E-state index is 0.220. The van der Waals surface area contributed by atoms with Crippen LogP contribution in [-0.2, 0) is 27.9 Å². The van der Waals surface area contributed by atoms with Gasteiger partial charge in [-0.05, 0) is 35.2 Å². The molecule has 35 heavy (non-hydrogen) atoms. The van der Waals surface area contributed by atoms with Crippen molar-refractivity contribution in [2.24, 2.45) is 5.92 Å². The first kappa shape index (κ1) is 25.9. The van der Waals surface area contributed by atoms with E-state index in [9.17, 15) is 28.5 Å². The highest BCUT2D eigenvalue weighted by atomic mass is 32.2. The molecule has 184 valence electrons. The Hall–Kier alpha value is -3.74. The number of hydroxylamine groups is 2. The quantitative estimate of drug-likeness (QED) is 0.254. The molecule has 0 saturated heterocycles. The summed E-state index contributed by atoms with van der Waals surface area (Å²) in [6.07, 6.45) is 5.96. The van der Waals surface area contributed by atoms with Crippen LogP contribution in [0, 0.1) is 16.0 Å². The molecule has 1 atom stereocenters. The van der Waals surface area contributed by atoms with Crippen LogP contribution in [0.1, 0.15) is 25.0 Å². The van der Waals surface area contributed by atoms with Crippen molar-refractivity contribution in [1.29, 1.82) is 0 Å². The molecule has 0 bridgehead atoms. The number of nitro groups is 1. The van der Waals surface area contributed by atoms with Crippen LogP contribution in [0.25, 0.3) is 0 Å². The summed E-state index contributed by atoms with van der Waals surface area (Å²) >= 11 is 0. The second-order valence-electron chi connectivity index (χ2n) is 8.08. The van der Waals surface area contributed by atoms with Gasteiger partial charge in [-0.15, -0.1) is 0 Å². The van der Waals surface area contributed by atoms with Crippen molar-refractivity contribution in [3.8, 4) is 0 Å². The number of aromatic nitrogens is 2. The van der Waals surface area contributed by atoms with Gasteiger partial charge in [0.1, 0.15) is 6.04 Å². The monoisotopic (exact) mass is 499 g/mol. The number of carbonyl (C=O) groups excluding carboxylic acids is 1. The van der Waals surface area contributed by atoms with Crippen molar-refractivity contribution in [2.75, 3.05) is 0 Å². The lowest BCUT2D eigenvalue weighted by atomic mass is 10.0. The molecule has 0 spiro atoms. The first-order valence-corrected chi connectivity index (χ1v) is 12.1. The van der Waals surface area contributed by atoms with Gasteiger partial charge in [0.05, 0.1) is 11.5 Å². The van der Waals surface area contributed by atoms with Crippen molar-refractivity contribution in [3.63, 3.8) is 0 Å². The first-order chi connectivity index (χ1) is 16.6. The summed E-state index contributed by atoms with van der Waals surface area (Å²) in [5, 5.41) is 22.6. The van der Waals surface area contributed by atoms with Gasteiger partial charge in [-0.1, -0.05) is 38.1 Å². The maximum absolute atomic E-state index is 13.8. The summed E-state index contributed by atoms with van der Waals surface area (Å²) in [5.41, 5.74) is 0.380. The lowest BCUT2D eigenvalue weighted by Gasteiger charge is -2.34. The van der Waals surface area contributed by atoms with E-state index in [1.54, 1.807) is 44.3 Å². The maximum Gasteiger partial charge on any atom is 0.289 e. The number of nitro benzene ring substituents is 1. The van der Waals surface area contributed by atoms with Gasteiger partial charge in [-0.2, -0.15) is 4.31 Å². The number of amides is 1. The summed E-state index contributed by atoms with van der Waals surface area (Å²) in [6, 6.07) is 10.1. The summed E-state index contributed by atoms with van der Waals surface area (Å²) in [7, 11) is -4.58. The summed E-state index contributed by atoms with van der Waals surface area (Å²) in [4.78, 5) is 31.6. The maximum atomic E-state index is 13.8. The number of para-hydroxylation sites is 1. The normalized spacial score (nSPS) is 12.5. The molecule has 3 aromatic rings. The lowest BCUT2D eigenvalue weighted by Crippen LogP contribution is -2.52. The average Bonchev–Trinajstić information content (AvgIpc) is 2.84. The largest absolute Gasteiger partial charge is 0.289 e. The Bertz CT molecular complexity index is 1270. The number of hydrogen-bond donors (Lipinski definition) is 1. The number of pyridine rings is 2. The minimum Gasteiger partial charge on any atom is -0.286 e. The zero-order valence-electron chi connectivity index (χ0n) is 19.1. The average molecular weight is 500 g/mol. The smallest absolute Gasteiger partial charge is 0.286 e. The minimum atomic E-state index is -4.58. The van der Waals surface area contributed by atoms with E-state index < -0.39 is 43.4 Å². The molecule has 0 fully saturated rings. The van der Waals surface area contributed by atoms with Crippen molar-refractivity contribution < 1.29 is 23.3 Å². The Morgan fingerprint density at radius 1 is 1.00 bits per heavy atom. The Morgan fingerprint density at radius 2 is 1.57 bits per heavy atom. The van der Waals surface area contributed by atoms with E-state index in [4.69, 9.17) is 0 Å². The fourth-order valence-electron chi connectivity index (χ4n) is 3.59. The fraction of sp³-hybridized carbons (Fsp3) is 0.261. The third-order valence-electron chi connectivity index (χ3n) is 5.21. The molecule has 2 heterocycles. The van der Waals surface area contributed by atoms with Gasteiger partial charge in [-0.25, -0.2) is 13.5 Å². The third kappa shape index (κ3) is 6.04. The van der Waals surface area contributed by atoms with Gasteiger partial charge in [0.15, 0.2) is 4.90 Å². The molecule has 1 aromatic carbocycles. The molecule has 3 rings (SSSR count). The fourth-order valence-corrected chi connectivity index (χ4v) is 5.45. The highest BCUT2D eigenvalue weighted by Crippen LogP contribution is 2.31. The summed E-state index contributed by atoms with van der Waals surface area (Å²) in [6.45, 7) is 2.75. The number of hydrogen-bond acceptors (Lipinski definition) is 8. The third-order valence-corrected chi connectivity index (χ3v) is 7.09. The topological polar surface area (TPSA) is 147 Å². The highest BCUT2D eigenvalue weighted by molar-refractivity contribution is 7.89. The number of sulfonamides is 1. The van der Waals surface area contributed by atoms with Crippen molar-refractivity contribution >= 4 is 21.6 Å². The van der Waals surface area contributed by atoms with Crippen molar-refractivity contribution in [1.82, 2.24) is 19.3 Å². The Labute approximate surface area is 202 Å². The number of rotatable bonds is 10. The zero-order valence-corrected chi connectivity index (χ0v) is 19.9.